The van der Waals surface area contributed by atoms with Crippen LogP contribution in [0.3, 0.4) is 0 Å². The third-order valence-electron chi connectivity index (χ3n) is 1.32. The van der Waals surface area contributed by atoms with Crippen LogP contribution in [0.4, 0.5) is 0 Å². The maximum absolute atomic E-state index is 10.8. The fourth-order valence-corrected chi connectivity index (χ4v) is 0.664. The molecule has 10 heavy (non-hydrogen) atoms. The van der Waals surface area contributed by atoms with Crippen molar-refractivity contribution in [1.29, 1.82) is 0 Å². The summed E-state index contributed by atoms with van der Waals surface area (Å²) in [4.78, 5) is 21.3. The summed E-state index contributed by atoms with van der Waals surface area (Å²) < 4.78 is 0. The molecule has 0 bridgehead atoms. The van der Waals surface area contributed by atoms with Gasteiger partial charge in [-0.05, 0) is 6.92 Å². The maximum atomic E-state index is 10.8. The fourth-order valence-electron chi connectivity index (χ4n) is 0.664. The smallest absolute Gasteiger partial charge is 0.260 e. The quantitative estimate of drug-likeness (QED) is 0.423. The van der Waals surface area contributed by atoms with Crippen molar-refractivity contribution in [1.82, 2.24) is 5.32 Å². The molecule has 1 amide bonds. The van der Waals surface area contributed by atoms with Crippen LogP contribution in [0.5, 0.6) is 0 Å². The van der Waals surface area contributed by atoms with Gasteiger partial charge in [-0.2, -0.15) is 0 Å². The zero-order chi connectivity index (χ0) is 7.72. The Bertz CT molecular complexity index is 219. The molecular weight excluding hydrogens is 134 g/mol. The van der Waals surface area contributed by atoms with Crippen molar-refractivity contribution in [2.24, 2.45) is 0 Å². The second kappa shape index (κ2) is 2.22. The van der Waals surface area contributed by atoms with Crippen molar-refractivity contribution in [3.05, 3.63) is 11.8 Å². The normalized spacial score (nSPS) is 25.8. The highest BCUT2D eigenvalue weighted by Crippen LogP contribution is 2.03. The number of amides is 1. The van der Waals surface area contributed by atoms with Gasteiger partial charge in [0.2, 0.25) is 0 Å². The summed E-state index contributed by atoms with van der Waals surface area (Å²) >= 11 is 0. The Morgan fingerprint density at radius 2 is 2.20 bits per heavy atom. The molecule has 2 N–H and O–H groups in total. The van der Waals surface area contributed by atoms with Crippen molar-refractivity contribution in [3.8, 4) is 0 Å². The molecule has 0 aromatic carbocycles. The summed E-state index contributed by atoms with van der Waals surface area (Å²) in [5, 5.41) is 11.1. The third-order valence-corrected chi connectivity index (χ3v) is 1.32. The molecule has 0 fully saturated rings. The van der Waals surface area contributed by atoms with E-state index in [1.54, 1.807) is 0 Å². The highest BCUT2D eigenvalue weighted by atomic mass is 16.3. The predicted octanol–water partition coefficient (Wildman–Crippen LogP) is -1.05. The zero-order valence-electron chi connectivity index (χ0n) is 5.42. The number of hydrogen-bond acceptors (Lipinski definition) is 3. The van der Waals surface area contributed by atoms with Crippen LogP contribution in [0.1, 0.15) is 6.92 Å². The lowest BCUT2D eigenvalue weighted by Crippen LogP contribution is -2.42. The number of aliphatic hydroxyl groups excluding tert-OH is 1. The average Bonchev–Trinajstić information content (AvgIpc) is 1.93. The van der Waals surface area contributed by atoms with Gasteiger partial charge in [0.05, 0.1) is 0 Å². The lowest BCUT2D eigenvalue weighted by Gasteiger charge is -2.13. The zero-order valence-corrected chi connectivity index (χ0v) is 5.42. The molecular formula is C6H7NO3. The molecule has 0 radical (unpaired) electrons. The number of hydrogen-bond donors (Lipinski definition) is 2. The Hall–Kier alpha value is -1.16. The topological polar surface area (TPSA) is 66.4 Å². The van der Waals surface area contributed by atoms with Gasteiger partial charge in [0, 0.05) is 11.8 Å². The molecule has 0 aromatic heterocycles. The average molecular weight is 141 g/mol. The van der Waals surface area contributed by atoms with Crippen LogP contribution >= 0.6 is 0 Å². The van der Waals surface area contributed by atoms with E-state index in [2.05, 4.69) is 5.32 Å². The standard InChI is InChI=1S/C6H7NO3/c1-3-2-7-6(10)5(9)4(3)8/h2,5,9H,1H3,(H,7,10). The largest absolute Gasteiger partial charge is 0.376 e. The molecule has 54 valence electrons. The monoisotopic (exact) mass is 141 g/mol. The number of Topliss-reactive ketones (excluding diaryl/α,β-unsaturated/α-hetero) is 1. The van der Waals surface area contributed by atoms with Gasteiger partial charge >= 0.3 is 0 Å². The van der Waals surface area contributed by atoms with Crippen LogP contribution in [0.15, 0.2) is 11.8 Å². The van der Waals surface area contributed by atoms with Gasteiger partial charge in [-0.25, -0.2) is 0 Å². The maximum Gasteiger partial charge on any atom is 0.260 e. The van der Waals surface area contributed by atoms with Crippen LogP contribution < -0.4 is 5.32 Å². The van der Waals surface area contributed by atoms with Gasteiger partial charge in [-0.1, -0.05) is 0 Å². The molecule has 1 atom stereocenters. The Morgan fingerprint density at radius 3 is 2.70 bits per heavy atom. The molecule has 0 saturated heterocycles. The van der Waals surface area contributed by atoms with Crippen LogP contribution in [0.2, 0.25) is 0 Å². The second-order valence-corrected chi connectivity index (χ2v) is 2.10. The van der Waals surface area contributed by atoms with Crippen molar-refractivity contribution in [3.63, 3.8) is 0 Å². The Labute approximate surface area is 57.5 Å². The molecule has 1 aliphatic rings. The number of carbonyl (C=O) groups excluding carboxylic acids is 2. The Balaban J connectivity index is 2.91. The first-order valence-electron chi connectivity index (χ1n) is 2.82. The number of nitrogens with one attached hydrogen (secondary N) is 1. The van der Waals surface area contributed by atoms with E-state index in [-0.39, 0.29) is 0 Å². The highest BCUT2D eigenvalue weighted by molar-refractivity contribution is 6.14. The van der Waals surface area contributed by atoms with E-state index < -0.39 is 17.8 Å². The summed E-state index contributed by atoms with van der Waals surface area (Å²) in [6.07, 6.45) is -0.220. The van der Waals surface area contributed by atoms with E-state index in [1.807, 2.05) is 0 Å². The number of ketones is 1. The summed E-state index contributed by atoms with van der Waals surface area (Å²) in [7, 11) is 0. The van der Waals surface area contributed by atoms with Crippen LogP contribution in [-0.2, 0) is 9.59 Å². The van der Waals surface area contributed by atoms with Crippen LogP contribution in [0.25, 0.3) is 0 Å². The van der Waals surface area contributed by atoms with Crippen molar-refractivity contribution in [2.45, 2.75) is 13.0 Å². The number of aliphatic hydroxyl groups is 1. The van der Waals surface area contributed by atoms with Gasteiger partial charge in [0.1, 0.15) is 0 Å². The molecule has 1 unspecified atom stereocenters. The van der Waals surface area contributed by atoms with Gasteiger partial charge in [-0.15, -0.1) is 0 Å². The summed E-state index contributed by atoms with van der Waals surface area (Å²) in [5.74, 6) is -1.18. The van der Waals surface area contributed by atoms with Gasteiger partial charge in [0.25, 0.3) is 5.91 Å². The third kappa shape index (κ3) is 0.930. The minimum Gasteiger partial charge on any atom is -0.376 e. The number of rotatable bonds is 0. The molecule has 0 saturated carbocycles. The van der Waals surface area contributed by atoms with E-state index in [0.717, 1.165) is 0 Å². The molecule has 0 spiro atoms. The predicted molar refractivity (Wildman–Crippen MR) is 32.9 cm³/mol. The fraction of sp³-hybridized carbons (Fsp3) is 0.333. The summed E-state index contributed by atoms with van der Waals surface area (Å²) in [6, 6.07) is 0. The van der Waals surface area contributed by atoms with E-state index in [9.17, 15) is 9.59 Å². The molecule has 4 nitrogen and oxygen atoms in total. The first-order chi connectivity index (χ1) is 4.63. The highest BCUT2D eigenvalue weighted by Gasteiger charge is 2.27. The molecule has 1 heterocycles. The van der Waals surface area contributed by atoms with E-state index in [1.165, 1.54) is 13.1 Å². The summed E-state index contributed by atoms with van der Waals surface area (Å²) in [5.41, 5.74) is 0.368. The van der Waals surface area contributed by atoms with Gasteiger partial charge < -0.3 is 10.4 Å². The van der Waals surface area contributed by atoms with Crippen molar-refractivity contribution in [2.75, 3.05) is 0 Å². The minimum atomic E-state index is -1.51. The molecule has 4 heteroatoms. The molecule has 1 aliphatic heterocycles. The lowest BCUT2D eigenvalue weighted by molar-refractivity contribution is -0.138. The Morgan fingerprint density at radius 1 is 1.60 bits per heavy atom. The summed E-state index contributed by atoms with van der Waals surface area (Å²) in [6.45, 7) is 1.53. The van der Waals surface area contributed by atoms with E-state index >= 15 is 0 Å². The van der Waals surface area contributed by atoms with Crippen LogP contribution in [-0.4, -0.2) is 22.9 Å². The van der Waals surface area contributed by atoms with E-state index in [0.29, 0.717) is 5.57 Å². The Kier molecular flexibility index (Phi) is 1.55. The SMILES string of the molecule is CC1=CNC(=O)C(O)C1=O. The minimum absolute atomic E-state index is 0.368. The second-order valence-electron chi connectivity index (χ2n) is 2.10. The van der Waals surface area contributed by atoms with Gasteiger partial charge in [0.15, 0.2) is 11.9 Å². The van der Waals surface area contributed by atoms with Crippen LogP contribution in [0, 0.1) is 0 Å². The van der Waals surface area contributed by atoms with E-state index in [4.69, 9.17) is 5.11 Å². The van der Waals surface area contributed by atoms with Gasteiger partial charge in [-0.3, -0.25) is 9.59 Å². The number of carbonyl (C=O) groups is 2. The molecule has 1 rings (SSSR count). The first kappa shape index (κ1) is 6.95. The first-order valence-corrected chi connectivity index (χ1v) is 2.82. The van der Waals surface area contributed by atoms with Crippen molar-refractivity contribution < 1.29 is 14.7 Å². The lowest BCUT2D eigenvalue weighted by atomic mass is 10.1. The molecule has 0 aliphatic carbocycles. The van der Waals surface area contributed by atoms with Crippen molar-refractivity contribution >= 4 is 11.7 Å². The molecule has 0 aromatic rings.